The van der Waals surface area contributed by atoms with Crippen molar-refractivity contribution < 1.29 is 23.1 Å². The van der Waals surface area contributed by atoms with Gasteiger partial charge in [-0.1, -0.05) is 0 Å². The summed E-state index contributed by atoms with van der Waals surface area (Å²) in [5.74, 6) is 0. The highest BCUT2D eigenvalue weighted by molar-refractivity contribution is 5.90. The molecule has 0 bridgehead atoms. The number of hydrogen-bond donors (Lipinski definition) is 3. The fourth-order valence-corrected chi connectivity index (χ4v) is 1.58. The molecule has 1 aromatic rings. The molecule has 3 N–H and O–H groups in total. The third-order valence-electron chi connectivity index (χ3n) is 2.72. The smallest absolute Gasteiger partial charge is 0.394 e. The molecule has 2 amide bonds. The molecule has 0 fully saturated rings. The Kier molecular flexibility index (Phi) is 5.42. The van der Waals surface area contributed by atoms with Crippen molar-refractivity contribution >= 4 is 17.4 Å². The highest BCUT2D eigenvalue weighted by Crippen LogP contribution is 2.37. The van der Waals surface area contributed by atoms with Crippen LogP contribution in [0.5, 0.6) is 0 Å². The standard InChI is InChI=1S/C13H18F3N3O2/c1-8(7-20)17-12(21)18-11-5-4-9(19(2)3)6-10(11)13(14,15)16/h4-6,8,20H,7H2,1-3H3,(H2,17,18,21)/t8-/m0/s1. The average molecular weight is 305 g/mol. The van der Waals surface area contributed by atoms with Crippen LogP contribution in [0.2, 0.25) is 0 Å². The Morgan fingerprint density at radius 1 is 1.38 bits per heavy atom. The first-order valence-electron chi connectivity index (χ1n) is 6.22. The number of hydrogen-bond acceptors (Lipinski definition) is 3. The van der Waals surface area contributed by atoms with Gasteiger partial charge in [-0.25, -0.2) is 4.79 Å². The van der Waals surface area contributed by atoms with Crippen LogP contribution in [0, 0.1) is 0 Å². The summed E-state index contributed by atoms with van der Waals surface area (Å²) in [6.45, 7) is 1.22. The van der Waals surface area contributed by atoms with Gasteiger partial charge in [-0.2, -0.15) is 13.2 Å². The normalized spacial score (nSPS) is 12.7. The average Bonchev–Trinajstić information content (AvgIpc) is 2.37. The molecule has 0 spiro atoms. The molecule has 8 heteroatoms. The second kappa shape index (κ2) is 6.66. The van der Waals surface area contributed by atoms with E-state index < -0.39 is 23.8 Å². The SMILES string of the molecule is C[C@@H](CO)NC(=O)Nc1ccc(N(C)C)cc1C(F)(F)F. The summed E-state index contributed by atoms with van der Waals surface area (Å²) in [5, 5.41) is 13.3. The number of carbonyl (C=O) groups excluding carboxylic acids is 1. The lowest BCUT2D eigenvalue weighted by atomic mass is 10.1. The van der Waals surface area contributed by atoms with Crippen LogP contribution in [0.15, 0.2) is 18.2 Å². The van der Waals surface area contributed by atoms with Crippen molar-refractivity contribution in [3.05, 3.63) is 23.8 Å². The lowest BCUT2D eigenvalue weighted by Crippen LogP contribution is -2.38. The van der Waals surface area contributed by atoms with Crippen LogP contribution in [-0.2, 0) is 6.18 Å². The number of carbonyl (C=O) groups is 1. The molecule has 1 atom stereocenters. The highest BCUT2D eigenvalue weighted by atomic mass is 19.4. The van der Waals surface area contributed by atoms with E-state index in [9.17, 15) is 18.0 Å². The second-order valence-corrected chi connectivity index (χ2v) is 4.80. The number of nitrogens with one attached hydrogen (secondary N) is 2. The Morgan fingerprint density at radius 2 is 2.00 bits per heavy atom. The van der Waals surface area contributed by atoms with E-state index in [1.54, 1.807) is 14.1 Å². The Bertz CT molecular complexity index is 504. The number of aliphatic hydroxyl groups excluding tert-OH is 1. The van der Waals surface area contributed by atoms with E-state index in [1.807, 2.05) is 0 Å². The number of benzene rings is 1. The van der Waals surface area contributed by atoms with Gasteiger partial charge in [0.2, 0.25) is 0 Å². The zero-order chi connectivity index (χ0) is 16.2. The fourth-order valence-electron chi connectivity index (χ4n) is 1.58. The molecule has 0 aromatic heterocycles. The van der Waals surface area contributed by atoms with E-state index in [-0.39, 0.29) is 12.3 Å². The Morgan fingerprint density at radius 3 is 2.48 bits per heavy atom. The van der Waals surface area contributed by atoms with E-state index >= 15 is 0 Å². The summed E-state index contributed by atoms with van der Waals surface area (Å²) in [4.78, 5) is 13.1. The number of halogens is 3. The largest absolute Gasteiger partial charge is 0.418 e. The monoisotopic (exact) mass is 305 g/mol. The van der Waals surface area contributed by atoms with Gasteiger partial charge in [0, 0.05) is 19.8 Å². The minimum absolute atomic E-state index is 0.306. The lowest BCUT2D eigenvalue weighted by molar-refractivity contribution is -0.136. The van der Waals surface area contributed by atoms with Crippen molar-refractivity contribution in [2.75, 3.05) is 30.9 Å². The molecule has 118 valence electrons. The number of rotatable bonds is 4. The molecule has 0 heterocycles. The van der Waals surface area contributed by atoms with Gasteiger partial charge < -0.3 is 20.6 Å². The van der Waals surface area contributed by atoms with Crippen LogP contribution in [0.1, 0.15) is 12.5 Å². The van der Waals surface area contributed by atoms with Gasteiger partial charge >= 0.3 is 12.2 Å². The summed E-state index contributed by atoms with van der Waals surface area (Å²) in [6, 6.07) is 2.27. The van der Waals surface area contributed by atoms with Crippen LogP contribution in [0.25, 0.3) is 0 Å². The zero-order valence-corrected chi connectivity index (χ0v) is 12.0. The minimum atomic E-state index is -4.59. The molecule has 1 aromatic carbocycles. The van der Waals surface area contributed by atoms with Crippen LogP contribution < -0.4 is 15.5 Å². The van der Waals surface area contributed by atoms with Crippen LogP contribution in [0.4, 0.5) is 29.3 Å². The van der Waals surface area contributed by atoms with E-state index in [1.165, 1.54) is 24.0 Å². The third-order valence-corrected chi connectivity index (χ3v) is 2.72. The Balaban J connectivity index is 3.04. The first-order chi connectivity index (χ1) is 9.65. The van der Waals surface area contributed by atoms with Crippen molar-refractivity contribution in [3.63, 3.8) is 0 Å². The Labute approximate surface area is 120 Å². The van der Waals surface area contributed by atoms with Gasteiger partial charge in [0.1, 0.15) is 0 Å². The van der Waals surface area contributed by atoms with E-state index in [4.69, 9.17) is 5.11 Å². The van der Waals surface area contributed by atoms with Crippen molar-refractivity contribution in [2.45, 2.75) is 19.1 Å². The number of urea groups is 1. The quantitative estimate of drug-likeness (QED) is 0.799. The topological polar surface area (TPSA) is 64.6 Å². The number of anilines is 2. The first-order valence-corrected chi connectivity index (χ1v) is 6.22. The number of nitrogens with zero attached hydrogens (tertiary/aromatic N) is 1. The van der Waals surface area contributed by atoms with Crippen LogP contribution in [0.3, 0.4) is 0 Å². The first kappa shape index (κ1) is 17.1. The van der Waals surface area contributed by atoms with Gasteiger partial charge in [0.05, 0.1) is 23.9 Å². The predicted molar refractivity (Wildman–Crippen MR) is 74.5 cm³/mol. The molecule has 1 rings (SSSR count). The number of amides is 2. The van der Waals surface area contributed by atoms with E-state index in [2.05, 4.69) is 10.6 Å². The molecule has 0 saturated carbocycles. The summed E-state index contributed by atoms with van der Waals surface area (Å²) >= 11 is 0. The van der Waals surface area contributed by atoms with E-state index in [0.717, 1.165) is 6.07 Å². The maximum atomic E-state index is 13.0. The van der Waals surface area contributed by atoms with Crippen molar-refractivity contribution in [1.29, 1.82) is 0 Å². The highest BCUT2D eigenvalue weighted by Gasteiger charge is 2.34. The summed E-state index contributed by atoms with van der Waals surface area (Å²) in [6.07, 6.45) is -4.59. The molecule has 0 unspecified atom stereocenters. The van der Waals surface area contributed by atoms with Gasteiger partial charge in [-0.3, -0.25) is 0 Å². The van der Waals surface area contributed by atoms with Crippen LogP contribution in [-0.4, -0.2) is 37.9 Å². The molecule has 5 nitrogen and oxygen atoms in total. The zero-order valence-electron chi connectivity index (χ0n) is 12.0. The fraction of sp³-hybridized carbons (Fsp3) is 0.462. The third kappa shape index (κ3) is 4.82. The maximum absolute atomic E-state index is 13.0. The summed E-state index contributed by atoms with van der Waals surface area (Å²) in [5.41, 5.74) is -0.895. The van der Waals surface area contributed by atoms with Gasteiger partial charge in [0.25, 0.3) is 0 Å². The molecule has 0 radical (unpaired) electrons. The van der Waals surface area contributed by atoms with Crippen molar-refractivity contribution in [1.82, 2.24) is 5.32 Å². The summed E-state index contributed by atoms with van der Waals surface area (Å²) in [7, 11) is 3.25. The number of alkyl halides is 3. The molecule has 21 heavy (non-hydrogen) atoms. The van der Waals surface area contributed by atoms with Crippen molar-refractivity contribution in [3.8, 4) is 0 Å². The molecular weight excluding hydrogens is 287 g/mol. The van der Waals surface area contributed by atoms with Gasteiger partial charge in [-0.05, 0) is 25.1 Å². The second-order valence-electron chi connectivity index (χ2n) is 4.80. The molecule has 0 saturated heterocycles. The molecule has 0 aliphatic rings. The lowest BCUT2D eigenvalue weighted by Gasteiger charge is -2.19. The van der Waals surface area contributed by atoms with Crippen LogP contribution >= 0.6 is 0 Å². The van der Waals surface area contributed by atoms with Gasteiger partial charge in [-0.15, -0.1) is 0 Å². The number of aliphatic hydroxyl groups is 1. The van der Waals surface area contributed by atoms with E-state index in [0.29, 0.717) is 5.69 Å². The molecule has 0 aliphatic heterocycles. The Hall–Kier alpha value is -1.96. The minimum Gasteiger partial charge on any atom is -0.394 e. The maximum Gasteiger partial charge on any atom is 0.418 e. The van der Waals surface area contributed by atoms with Gasteiger partial charge in [0.15, 0.2) is 0 Å². The molecule has 0 aliphatic carbocycles. The molecular formula is C13H18F3N3O2. The predicted octanol–water partition coefficient (Wildman–Crippen LogP) is 2.27. The van der Waals surface area contributed by atoms with Crippen molar-refractivity contribution in [2.24, 2.45) is 0 Å². The summed E-state index contributed by atoms with van der Waals surface area (Å²) < 4.78 is 39.1.